The van der Waals surface area contributed by atoms with Crippen LogP contribution >= 0.6 is 27.7 Å². The smallest absolute Gasteiger partial charge is 0.293 e. The van der Waals surface area contributed by atoms with Crippen LogP contribution in [0.15, 0.2) is 58.4 Å². The molecule has 8 heteroatoms. The summed E-state index contributed by atoms with van der Waals surface area (Å²) in [6.45, 7) is 6.24. The fraction of sp³-hybridized carbons (Fsp3) is 0.182. The quantitative estimate of drug-likeness (QED) is 0.345. The van der Waals surface area contributed by atoms with Crippen molar-refractivity contribution in [3.8, 4) is 11.5 Å². The Balaban J connectivity index is 1.85. The highest BCUT2D eigenvalue weighted by Crippen LogP contribution is 2.39. The van der Waals surface area contributed by atoms with Crippen LogP contribution in [0.4, 0.5) is 9.18 Å². The summed E-state index contributed by atoms with van der Waals surface area (Å²) in [4.78, 5) is 25.9. The summed E-state index contributed by atoms with van der Waals surface area (Å²) in [5.74, 6) is 0.330. The van der Waals surface area contributed by atoms with Crippen LogP contribution in [0, 0.1) is 5.82 Å². The Morgan fingerprint density at radius 1 is 1.20 bits per heavy atom. The number of benzene rings is 2. The molecule has 5 nitrogen and oxygen atoms in total. The van der Waals surface area contributed by atoms with Crippen molar-refractivity contribution in [1.29, 1.82) is 0 Å². The molecule has 2 aromatic rings. The minimum absolute atomic E-state index is 0.173. The summed E-state index contributed by atoms with van der Waals surface area (Å²) >= 11 is 4.38. The molecule has 1 aliphatic rings. The Morgan fingerprint density at radius 3 is 2.60 bits per heavy atom. The summed E-state index contributed by atoms with van der Waals surface area (Å²) in [7, 11) is 0. The number of imide groups is 1. The van der Waals surface area contributed by atoms with Crippen molar-refractivity contribution < 1.29 is 23.5 Å². The summed E-state index contributed by atoms with van der Waals surface area (Å²) in [5.41, 5.74) is 1.49. The number of thioether (sulfide) groups is 1. The van der Waals surface area contributed by atoms with Gasteiger partial charge in [0.25, 0.3) is 11.1 Å². The molecule has 1 heterocycles. The molecule has 0 spiro atoms. The highest BCUT2D eigenvalue weighted by molar-refractivity contribution is 9.10. The van der Waals surface area contributed by atoms with E-state index in [0.717, 1.165) is 22.2 Å². The first-order valence-corrected chi connectivity index (χ1v) is 10.7. The van der Waals surface area contributed by atoms with Gasteiger partial charge in [-0.05, 0) is 76.1 Å². The van der Waals surface area contributed by atoms with Crippen molar-refractivity contribution in [3.05, 3.63) is 75.4 Å². The minimum atomic E-state index is -0.351. The maximum Gasteiger partial charge on any atom is 0.293 e. The average Bonchev–Trinajstić information content (AvgIpc) is 2.97. The van der Waals surface area contributed by atoms with Gasteiger partial charge in [-0.1, -0.05) is 18.2 Å². The number of hydrogen-bond donors (Lipinski definition) is 0. The van der Waals surface area contributed by atoms with Gasteiger partial charge in [0.1, 0.15) is 12.4 Å². The van der Waals surface area contributed by atoms with E-state index in [0.29, 0.717) is 33.0 Å². The van der Waals surface area contributed by atoms with Crippen LogP contribution in [0.5, 0.6) is 11.5 Å². The second-order valence-electron chi connectivity index (χ2n) is 6.26. The van der Waals surface area contributed by atoms with Gasteiger partial charge in [0.15, 0.2) is 11.5 Å². The van der Waals surface area contributed by atoms with Crippen molar-refractivity contribution in [1.82, 2.24) is 4.90 Å². The predicted octanol–water partition coefficient (Wildman–Crippen LogP) is 5.79. The van der Waals surface area contributed by atoms with Crippen LogP contribution < -0.4 is 9.47 Å². The van der Waals surface area contributed by atoms with Crippen LogP contribution in [0.1, 0.15) is 18.1 Å². The first-order valence-electron chi connectivity index (χ1n) is 9.12. The molecule has 0 unspecified atom stereocenters. The zero-order chi connectivity index (χ0) is 21.7. The number of amides is 2. The van der Waals surface area contributed by atoms with E-state index in [9.17, 15) is 14.0 Å². The molecule has 0 radical (unpaired) electrons. The number of ether oxygens (including phenoxy) is 2. The van der Waals surface area contributed by atoms with Crippen LogP contribution in [0.2, 0.25) is 0 Å². The monoisotopic (exact) mass is 491 g/mol. The molecule has 0 saturated carbocycles. The lowest BCUT2D eigenvalue weighted by Crippen LogP contribution is -2.27. The molecular formula is C22H19BrFNO4S. The normalized spacial score (nSPS) is 15.0. The number of rotatable bonds is 8. The number of nitrogens with zero attached hydrogens (tertiary/aromatic N) is 1. The van der Waals surface area contributed by atoms with E-state index in [2.05, 4.69) is 22.5 Å². The Bertz CT molecular complexity index is 1010. The zero-order valence-electron chi connectivity index (χ0n) is 16.2. The van der Waals surface area contributed by atoms with Gasteiger partial charge < -0.3 is 9.47 Å². The van der Waals surface area contributed by atoms with Gasteiger partial charge in [-0.2, -0.15) is 0 Å². The molecule has 0 N–H and O–H groups in total. The molecular weight excluding hydrogens is 473 g/mol. The van der Waals surface area contributed by atoms with Gasteiger partial charge in [-0.3, -0.25) is 14.5 Å². The van der Waals surface area contributed by atoms with Gasteiger partial charge in [0.05, 0.1) is 16.0 Å². The van der Waals surface area contributed by atoms with E-state index in [1.807, 2.05) is 6.92 Å². The molecule has 1 fully saturated rings. The third-order valence-corrected chi connectivity index (χ3v) is 5.61. The first kappa shape index (κ1) is 22.1. The van der Waals surface area contributed by atoms with Crippen molar-refractivity contribution >= 4 is 44.9 Å². The fourth-order valence-corrected chi connectivity index (χ4v) is 4.17. The highest BCUT2D eigenvalue weighted by Gasteiger charge is 2.34. The van der Waals surface area contributed by atoms with E-state index in [1.165, 1.54) is 18.2 Å². The number of carbonyl (C=O) groups excluding carboxylic acids is 2. The second kappa shape index (κ2) is 9.95. The third-order valence-electron chi connectivity index (χ3n) is 4.11. The zero-order valence-corrected chi connectivity index (χ0v) is 18.6. The van der Waals surface area contributed by atoms with E-state index >= 15 is 0 Å². The number of halogens is 2. The van der Waals surface area contributed by atoms with Gasteiger partial charge >= 0.3 is 0 Å². The van der Waals surface area contributed by atoms with Crippen molar-refractivity contribution in [2.75, 3.05) is 13.2 Å². The summed E-state index contributed by atoms with van der Waals surface area (Å²) in [5, 5.41) is -0.325. The SMILES string of the molecule is C=CCN1C(=O)S/C(=C/c2cc(Br)c(OCc3ccc(F)cc3)c(OCC)c2)C1=O. The van der Waals surface area contributed by atoms with Crippen LogP contribution in [0.25, 0.3) is 6.08 Å². The Hall–Kier alpha value is -2.58. The Kier molecular flexibility index (Phi) is 7.33. The molecule has 1 aliphatic heterocycles. The molecule has 30 heavy (non-hydrogen) atoms. The maximum atomic E-state index is 13.1. The first-order chi connectivity index (χ1) is 14.4. The Morgan fingerprint density at radius 2 is 1.93 bits per heavy atom. The minimum Gasteiger partial charge on any atom is -0.490 e. The molecule has 0 bridgehead atoms. The van der Waals surface area contributed by atoms with Crippen molar-refractivity contribution in [3.63, 3.8) is 0 Å². The van der Waals surface area contributed by atoms with Crippen LogP contribution in [-0.2, 0) is 11.4 Å². The molecule has 0 aromatic heterocycles. The lowest BCUT2D eigenvalue weighted by Gasteiger charge is -2.15. The van der Waals surface area contributed by atoms with Gasteiger partial charge in [0, 0.05) is 6.54 Å². The standard InChI is InChI=1S/C22H19BrFNO4S/c1-3-9-25-21(26)19(30-22(25)27)12-15-10-17(23)20(18(11-15)28-4-2)29-13-14-5-7-16(24)8-6-14/h3,5-8,10-12H,1,4,9,13H2,2H3/b19-12+. The lowest BCUT2D eigenvalue weighted by atomic mass is 10.1. The summed E-state index contributed by atoms with van der Waals surface area (Å²) in [6, 6.07) is 9.58. The maximum absolute atomic E-state index is 13.1. The molecule has 0 atom stereocenters. The van der Waals surface area contributed by atoms with E-state index in [1.54, 1.807) is 30.3 Å². The van der Waals surface area contributed by atoms with Gasteiger partial charge in [-0.25, -0.2) is 4.39 Å². The Labute approximate surface area is 186 Å². The predicted molar refractivity (Wildman–Crippen MR) is 119 cm³/mol. The van der Waals surface area contributed by atoms with Crippen molar-refractivity contribution in [2.45, 2.75) is 13.5 Å². The van der Waals surface area contributed by atoms with E-state index < -0.39 is 0 Å². The summed E-state index contributed by atoms with van der Waals surface area (Å²) in [6.07, 6.45) is 3.15. The van der Waals surface area contributed by atoms with E-state index in [-0.39, 0.29) is 30.1 Å². The van der Waals surface area contributed by atoms with Crippen LogP contribution in [-0.4, -0.2) is 29.2 Å². The van der Waals surface area contributed by atoms with Gasteiger partial charge in [0.2, 0.25) is 0 Å². The number of hydrogen-bond acceptors (Lipinski definition) is 5. The molecule has 2 amide bonds. The lowest BCUT2D eigenvalue weighted by molar-refractivity contribution is -0.122. The average molecular weight is 492 g/mol. The fourth-order valence-electron chi connectivity index (χ4n) is 2.75. The van der Waals surface area contributed by atoms with Gasteiger partial charge in [-0.15, -0.1) is 6.58 Å². The molecule has 0 aliphatic carbocycles. The molecule has 1 saturated heterocycles. The third kappa shape index (κ3) is 5.12. The topological polar surface area (TPSA) is 55.8 Å². The largest absolute Gasteiger partial charge is 0.490 e. The van der Waals surface area contributed by atoms with Crippen LogP contribution in [0.3, 0.4) is 0 Å². The highest BCUT2D eigenvalue weighted by atomic mass is 79.9. The second-order valence-corrected chi connectivity index (χ2v) is 8.11. The molecule has 2 aromatic carbocycles. The molecule has 3 rings (SSSR count). The number of carbonyl (C=O) groups is 2. The van der Waals surface area contributed by atoms with E-state index in [4.69, 9.17) is 9.47 Å². The molecule has 156 valence electrons. The van der Waals surface area contributed by atoms with Crippen molar-refractivity contribution in [2.24, 2.45) is 0 Å². The summed E-state index contributed by atoms with van der Waals surface area (Å²) < 4.78 is 25.3.